The number of para-hydroxylation sites is 1. The second-order valence-electron chi connectivity index (χ2n) is 3.98. The molecule has 5 heteroatoms. The molecule has 4 nitrogen and oxygen atoms in total. The third kappa shape index (κ3) is 3.65. The summed E-state index contributed by atoms with van der Waals surface area (Å²) in [4.78, 5) is 14.5. The average Bonchev–Trinajstić information content (AvgIpc) is 2.45. The first-order valence-electron chi connectivity index (χ1n) is 5.88. The highest BCUT2D eigenvalue weighted by molar-refractivity contribution is 5.85. The molecular formula is C15H12FNO3. The normalized spacial score (nSPS) is 10.7. The van der Waals surface area contributed by atoms with Gasteiger partial charge in [0, 0.05) is 29.6 Å². The smallest absolute Gasteiger partial charge is 0.328 e. The molecule has 0 atom stereocenters. The second-order valence-corrected chi connectivity index (χ2v) is 3.98. The highest BCUT2D eigenvalue weighted by Gasteiger charge is 2.08. The predicted molar refractivity (Wildman–Crippen MR) is 71.6 cm³/mol. The third-order valence-electron chi connectivity index (χ3n) is 2.51. The molecule has 0 spiro atoms. The van der Waals surface area contributed by atoms with E-state index in [-0.39, 0.29) is 12.4 Å². The Hall–Kier alpha value is -2.69. The van der Waals surface area contributed by atoms with Crippen LogP contribution in [0.25, 0.3) is 6.08 Å². The Labute approximate surface area is 115 Å². The summed E-state index contributed by atoms with van der Waals surface area (Å²) in [6.07, 6.45) is 5.48. The Kier molecular flexibility index (Phi) is 4.44. The molecule has 0 saturated heterocycles. The molecule has 102 valence electrons. The van der Waals surface area contributed by atoms with Crippen molar-refractivity contribution >= 4 is 12.0 Å². The molecule has 0 amide bonds. The van der Waals surface area contributed by atoms with Gasteiger partial charge in [0.1, 0.15) is 6.61 Å². The van der Waals surface area contributed by atoms with E-state index in [1.54, 1.807) is 30.6 Å². The maximum absolute atomic E-state index is 13.8. The van der Waals surface area contributed by atoms with Gasteiger partial charge in [0.05, 0.1) is 0 Å². The first-order chi connectivity index (χ1) is 9.66. The minimum atomic E-state index is -1.10. The Morgan fingerprint density at radius 3 is 2.90 bits per heavy atom. The third-order valence-corrected chi connectivity index (χ3v) is 2.51. The van der Waals surface area contributed by atoms with Gasteiger partial charge in [-0.25, -0.2) is 9.18 Å². The van der Waals surface area contributed by atoms with Crippen LogP contribution in [0, 0.1) is 5.82 Å². The fourth-order valence-electron chi connectivity index (χ4n) is 1.61. The number of rotatable bonds is 5. The van der Waals surface area contributed by atoms with Gasteiger partial charge in [0.25, 0.3) is 0 Å². The molecule has 0 aliphatic carbocycles. The van der Waals surface area contributed by atoms with Crippen LogP contribution in [0.15, 0.2) is 48.8 Å². The summed E-state index contributed by atoms with van der Waals surface area (Å²) in [6.45, 7) is 0.155. The standard InChI is InChI=1S/C15H12FNO3/c16-13-5-1-4-12(6-7-14(18)19)15(13)20-10-11-3-2-8-17-9-11/h1-9H,10H2,(H,18,19)/b7-6+. The first-order valence-corrected chi connectivity index (χ1v) is 5.88. The first kappa shape index (κ1) is 13.7. The molecule has 0 radical (unpaired) electrons. The Bertz CT molecular complexity index is 626. The van der Waals surface area contributed by atoms with Gasteiger partial charge < -0.3 is 9.84 Å². The van der Waals surface area contributed by atoms with Crippen LogP contribution in [0.1, 0.15) is 11.1 Å². The Morgan fingerprint density at radius 2 is 2.20 bits per heavy atom. The van der Waals surface area contributed by atoms with Gasteiger partial charge in [-0.2, -0.15) is 0 Å². The number of aliphatic carboxylic acids is 1. The zero-order chi connectivity index (χ0) is 14.4. The van der Waals surface area contributed by atoms with Crippen molar-refractivity contribution in [3.8, 4) is 5.75 Å². The second kappa shape index (κ2) is 6.47. The highest BCUT2D eigenvalue weighted by Crippen LogP contribution is 2.24. The molecule has 2 rings (SSSR count). The van der Waals surface area contributed by atoms with Gasteiger partial charge >= 0.3 is 5.97 Å². The average molecular weight is 273 g/mol. The number of carbonyl (C=O) groups is 1. The van der Waals surface area contributed by atoms with Crippen molar-refractivity contribution in [2.75, 3.05) is 0 Å². The molecule has 2 aromatic rings. The van der Waals surface area contributed by atoms with Crippen LogP contribution in [0.5, 0.6) is 5.75 Å². The van der Waals surface area contributed by atoms with E-state index in [0.717, 1.165) is 11.6 Å². The number of benzene rings is 1. The molecule has 0 bridgehead atoms. The fourth-order valence-corrected chi connectivity index (χ4v) is 1.61. The van der Waals surface area contributed by atoms with Crippen molar-refractivity contribution in [2.45, 2.75) is 6.61 Å². The SMILES string of the molecule is O=C(O)/C=C/c1cccc(F)c1OCc1cccnc1. The van der Waals surface area contributed by atoms with Crippen LogP contribution in [-0.4, -0.2) is 16.1 Å². The summed E-state index contributed by atoms with van der Waals surface area (Å²) >= 11 is 0. The lowest BCUT2D eigenvalue weighted by molar-refractivity contribution is -0.131. The summed E-state index contributed by atoms with van der Waals surface area (Å²) in [5.74, 6) is -1.62. The minimum Gasteiger partial charge on any atom is -0.485 e. The van der Waals surface area contributed by atoms with Gasteiger partial charge in [0.15, 0.2) is 11.6 Å². The van der Waals surface area contributed by atoms with E-state index >= 15 is 0 Å². The lowest BCUT2D eigenvalue weighted by atomic mass is 10.1. The van der Waals surface area contributed by atoms with Crippen LogP contribution in [0.2, 0.25) is 0 Å². The molecule has 0 fully saturated rings. The predicted octanol–water partition coefficient (Wildman–Crippen LogP) is 2.90. The number of ether oxygens (including phenoxy) is 1. The number of pyridine rings is 1. The molecule has 1 aromatic heterocycles. The van der Waals surface area contributed by atoms with E-state index < -0.39 is 11.8 Å². The quantitative estimate of drug-likeness (QED) is 0.851. The number of hydrogen-bond acceptors (Lipinski definition) is 3. The zero-order valence-electron chi connectivity index (χ0n) is 10.5. The van der Waals surface area contributed by atoms with Gasteiger partial charge in [-0.1, -0.05) is 18.2 Å². The number of nitrogens with zero attached hydrogens (tertiary/aromatic N) is 1. The van der Waals surface area contributed by atoms with E-state index in [0.29, 0.717) is 5.56 Å². The molecule has 0 unspecified atom stereocenters. The summed E-state index contributed by atoms with van der Waals surface area (Å²) in [7, 11) is 0. The maximum atomic E-state index is 13.8. The molecule has 0 saturated carbocycles. The molecule has 1 heterocycles. The lowest BCUT2D eigenvalue weighted by Crippen LogP contribution is -2.00. The van der Waals surface area contributed by atoms with E-state index in [1.807, 2.05) is 0 Å². The molecule has 20 heavy (non-hydrogen) atoms. The molecule has 1 N–H and O–H groups in total. The van der Waals surface area contributed by atoms with Gasteiger partial charge in [-0.3, -0.25) is 4.98 Å². The minimum absolute atomic E-state index is 0.0221. The highest BCUT2D eigenvalue weighted by atomic mass is 19.1. The van der Waals surface area contributed by atoms with Gasteiger partial charge in [0.2, 0.25) is 0 Å². The van der Waals surface area contributed by atoms with Crippen molar-refractivity contribution in [3.63, 3.8) is 0 Å². The van der Waals surface area contributed by atoms with Crippen LogP contribution >= 0.6 is 0 Å². The van der Waals surface area contributed by atoms with E-state index in [9.17, 15) is 9.18 Å². The van der Waals surface area contributed by atoms with Gasteiger partial charge in [-0.15, -0.1) is 0 Å². The number of halogens is 1. The molecule has 0 aliphatic heterocycles. The van der Waals surface area contributed by atoms with Crippen molar-refractivity contribution in [1.82, 2.24) is 4.98 Å². The summed E-state index contributed by atoms with van der Waals surface area (Å²) < 4.78 is 19.2. The van der Waals surface area contributed by atoms with E-state index in [2.05, 4.69) is 4.98 Å². The maximum Gasteiger partial charge on any atom is 0.328 e. The summed E-state index contributed by atoms with van der Waals surface area (Å²) in [5.41, 5.74) is 1.17. The van der Waals surface area contributed by atoms with Crippen LogP contribution < -0.4 is 4.74 Å². The molecule has 1 aromatic carbocycles. The van der Waals surface area contributed by atoms with Crippen LogP contribution in [0.4, 0.5) is 4.39 Å². The van der Waals surface area contributed by atoms with E-state index in [4.69, 9.17) is 9.84 Å². The number of carboxylic acids is 1. The molecular weight excluding hydrogens is 261 g/mol. The topological polar surface area (TPSA) is 59.4 Å². The largest absolute Gasteiger partial charge is 0.485 e. The van der Waals surface area contributed by atoms with Crippen LogP contribution in [-0.2, 0) is 11.4 Å². The van der Waals surface area contributed by atoms with Crippen LogP contribution in [0.3, 0.4) is 0 Å². The zero-order valence-corrected chi connectivity index (χ0v) is 10.5. The van der Waals surface area contributed by atoms with Crippen molar-refractivity contribution in [3.05, 3.63) is 65.7 Å². The Balaban J connectivity index is 2.19. The van der Waals surface area contributed by atoms with Crippen molar-refractivity contribution in [2.24, 2.45) is 0 Å². The number of hydrogen-bond donors (Lipinski definition) is 1. The lowest BCUT2D eigenvalue weighted by Gasteiger charge is -2.10. The monoisotopic (exact) mass is 273 g/mol. The van der Waals surface area contributed by atoms with Crippen molar-refractivity contribution < 1.29 is 19.0 Å². The summed E-state index contributed by atoms with van der Waals surface area (Å²) in [6, 6.07) is 7.90. The number of carboxylic acid groups (broad SMARTS) is 1. The number of aromatic nitrogens is 1. The van der Waals surface area contributed by atoms with E-state index in [1.165, 1.54) is 18.2 Å². The Morgan fingerprint density at radius 1 is 1.35 bits per heavy atom. The van der Waals surface area contributed by atoms with Crippen molar-refractivity contribution in [1.29, 1.82) is 0 Å². The molecule has 0 aliphatic rings. The van der Waals surface area contributed by atoms with Gasteiger partial charge in [-0.05, 0) is 18.2 Å². The fraction of sp³-hybridized carbons (Fsp3) is 0.0667. The summed E-state index contributed by atoms with van der Waals surface area (Å²) in [5, 5.41) is 8.61.